The lowest BCUT2D eigenvalue weighted by Gasteiger charge is -2.16. The summed E-state index contributed by atoms with van der Waals surface area (Å²) in [6, 6.07) is 4.40. The van der Waals surface area contributed by atoms with Crippen LogP contribution in [0.4, 0.5) is 4.39 Å². The van der Waals surface area contributed by atoms with E-state index in [9.17, 15) is 9.18 Å². The maximum absolute atomic E-state index is 13.1. The van der Waals surface area contributed by atoms with Gasteiger partial charge in [-0.15, -0.1) is 12.4 Å². The number of halogens is 3. The topological polar surface area (TPSA) is 32.3 Å². The zero-order valence-electron chi connectivity index (χ0n) is 10.7. The zero-order chi connectivity index (χ0) is 13.1. The first kappa shape index (κ1) is 16.4. The number of amides is 1. The minimum absolute atomic E-state index is 0. The molecule has 6 heteroatoms. The number of hydrogen-bond donors (Lipinski definition) is 1. The number of nitrogens with zero attached hydrogens (tertiary/aromatic N) is 1. The van der Waals surface area contributed by atoms with Crippen LogP contribution >= 0.6 is 28.3 Å². The summed E-state index contributed by atoms with van der Waals surface area (Å²) in [7, 11) is 1.92. The Morgan fingerprint density at radius 3 is 2.95 bits per heavy atom. The molecule has 1 aliphatic rings. The van der Waals surface area contributed by atoms with Crippen LogP contribution in [-0.2, 0) is 0 Å². The second-order valence-corrected chi connectivity index (χ2v) is 5.45. The minimum Gasteiger partial charge on any atom is -0.338 e. The van der Waals surface area contributed by atoms with E-state index in [1.54, 1.807) is 6.07 Å². The minimum atomic E-state index is -0.346. The quantitative estimate of drug-likeness (QED) is 0.908. The molecule has 1 aromatic carbocycles. The highest BCUT2D eigenvalue weighted by atomic mass is 79.9. The first-order valence-electron chi connectivity index (χ1n) is 6.00. The molecule has 0 bridgehead atoms. The highest BCUT2D eigenvalue weighted by molar-refractivity contribution is 9.10. The van der Waals surface area contributed by atoms with Gasteiger partial charge in [-0.3, -0.25) is 4.79 Å². The van der Waals surface area contributed by atoms with E-state index in [0.29, 0.717) is 16.0 Å². The normalized spacial score (nSPS) is 18.3. The van der Waals surface area contributed by atoms with Gasteiger partial charge in [-0.25, -0.2) is 4.39 Å². The van der Waals surface area contributed by atoms with Crippen molar-refractivity contribution in [2.75, 3.05) is 26.7 Å². The Labute approximate surface area is 127 Å². The second kappa shape index (κ2) is 7.22. The molecule has 0 radical (unpaired) electrons. The largest absolute Gasteiger partial charge is 0.338 e. The van der Waals surface area contributed by atoms with Crippen molar-refractivity contribution in [1.82, 2.24) is 10.2 Å². The Balaban J connectivity index is 0.00000180. The summed E-state index contributed by atoms with van der Waals surface area (Å²) < 4.78 is 13.5. The van der Waals surface area contributed by atoms with Crippen molar-refractivity contribution < 1.29 is 9.18 Å². The van der Waals surface area contributed by atoms with E-state index in [2.05, 4.69) is 21.2 Å². The Kier molecular flexibility index (Phi) is 6.23. The van der Waals surface area contributed by atoms with Gasteiger partial charge in [0.2, 0.25) is 0 Å². The van der Waals surface area contributed by atoms with Gasteiger partial charge in [0.1, 0.15) is 5.82 Å². The smallest absolute Gasteiger partial charge is 0.253 e. The highest BCUT2D eigenvalue weighted by Crippen LogP contribution is 2.21. The van der Waals surface area contributed by atoms with E-state index in [1.165, 1.54) is 12.1 Å². The molecule has 1 amide bonds. The molecule has 106 valence electrons. The number of carbonyl (C=O) groups is 1. The van der Waals surface area contributed by atoms with Gasteiger partial charge in [-0.2, -0.15) is 0 Å². The standard InChI is InChI=1S/C13H16BrFN2O.ClH/c1-16-7-9-4-5-17(8-9)13(18)10-2-3-12(15)11(14)6-10;/h2-3,6,9,16H,4-5,7-8H2,1H3;1H. The van der Waals surface area contributed by atoms with Crippen LogP contribution in [0.1, 0.15) is 16.8 Å². The molecule has 3 nitrogen and oxygen atoms in total. The predicted octanol–water partition coefficient (Wildman–Crippen LogP) is 2.69. The van der Waals surface area contributed by atoms with Crippen molar-refractivity contribution in [2.45, 2.75) is 6.42 Å². The number of rotatable bonds is 3. The van der Waals surface area contributed by atoms with Crippen LogP contribution in [0.3, 0.4) is 0 Å². The summed E-state index contributed by atoms with van der Waals surface area (Å²) in [5.41, 5.74) is 0.536. The molecule has 19 heavy (non-hydrogen) atoms. The van der Waals surface area contributed by atoms with Gasteiger partial charge in [-0.05, 0) is 60.1 Å². The highest BCUT2D eigenvalue weighted by Gasteiger charge is 2.26. The molecule has 1 N–H and O–H groups in total. The fourth-order valence-corrected chi connectivity index (χ4v) is 2.66. The molecular formula is C13H17BrClFN2O. The van der Waals surface area contributed by atoms with Crippen LogP contribution in [0.5, 0.6) is 0 Å². The van der Waals surface area contributed by atoms with E-state index < -0.39 is 0 Å². The summed E-state index contributed by atoms with van der Waals surface area (Å²) >= 11 is 3.10. The van der Waals surface area contributed by atoms with E-state index in [0.717, 1.165) is 26.1 Å². The van der Waals surface area contributed by atoms with Gasteiger partial charge < -0.3 is 10.2 Å². The van der Waals surface area contributed by atoms with Gasteiger partial charge in [0.15, 0.2) is 0 Å². The average molecular weight is 352 g/mol. The number of carbonyl (C=O) groups excluding carboxylic acids is 1. The monoisotopic (exact) mass is 350 g/mol. The van der Waals surface area contributed by atoms with Crippen molar-refractivity contribution in [1.29, 1.82) is 0 Å². The number of likely N-dealkylation sites (tertiary alicyclic amines) is 1. The van der Waals surface area contributed by atoms with E-state index in [1.807, 2.05) is 11.9 Å². The Hall–Kier alpha value is -0.650. The van der Waals surface area contributed by atoms with Crippen LogP contribution in [0, 0.1) is 11.7 Å². The van der Waals surface area contributed by atoms with Gasteiger partial charge in [-0.1, -0.05) is 0 Å². The molecule has 1 heterocycles. The van der Waals surface area contributed by atoms with Gasteiger partial charge in [0.05, 0.1) is 4.47 Å². The predicted molar refractivity (Wildman–Crippen MR) is 79.3 cm³/mol. The molecule has 0 aliphatic carbocycles. The van der Waals surface area contributed by atoms with Crippen molar-refractivity contribution in [2.24, 2.45) is 5.92 Å². The first-order valence-corrected chi connectivity index (χ1v) is 6.80. The third kappa shape index (κ3) is 3.91. The maximum Gasteiger partial charge on any atom is 0.253 e. The molecule has 1 atom stereocenters. The summed E-state index contributed by atoms with van der Waals surface area (Å²) in [5.74, 6) is 0.151. The molecule has 1 unspecified atom stereocenters. The Morgan fingerprint density at radius 2 is 2.32 bits per heavy atom. The summed E-state index contributed by atoms with van der Waals surface area (Å²) in [6.45, 7) is 2.48. The van der Waals surface area contributed by atoms with E-state index in [4.69, 9.17) is 0 Å². The van der Waals surface area contributed by atoms with Crippen LogP contribution < -0.4 is 5.32 Å². The molecule has 0 aromatic heterocycles. The Morgan fingerprint density at radius 1 is 1.58 bits per heavy atom. The van der Waals surface area contributed by atoms with Crippen LogP contribution in [0.25, 0.3) is 0 Å². The van der Waals surface area contributed by atoms with Gasteiger partial charge in [0, 0.05) is 18.7 Å². The summed E-state index contributed by atoms with van der Waals surface area (Å²) in [4.78, 5) is 14.1. The Bertz CT molecular complexity index is 458. The molecule has 1 saturated heterocycles. The summed E-state index contributed by atoms with van der Waals surface area (Å²) in [5, 5.41) is 3.13. The third-order valence-corrected chi connectivity index (χ3v) is 3.84. The molecule has 1 aromatic rings. The molecule has 0 spiro atoms. The maximum atomic E-state index is 13.1. The zero-order valence-corrected chi connectivity index (χ0v) is 13.1. The molecule has 1 aliphatic heterocycles. The van der Waals surface area contributed by atoms with Crippen molar-refractivity contribution in [3.8, 4) is 0 Å². The number of hydrogen-bond acceptors (Lipinski definition) is 2. The van der Waals surface area contributed by atoms with Crippen LogP contribution in [0.2, 0.25) is 0 Å². The van der Waals surface area contributed by atoms with Gasteiger partial charge >= 0.3 is 0 Å². The van der Waals surface area contributed by atoms with Crippen molar-refractivity contribution in [3.05, 3.63) is 34.1 Å². The lowest BCUT2D eigenvalue weighted by molar-refractivity contribution is 0.0787. The number of nitrogens with one attached hydrogen (secondary N) is 1. The number of benzene rings is 1. The fourth-order valence-electron chi connectivity index (χ4n) is 2.28. The van der Waals surface area contributed by atoms with Crippen molar-refractivity contribution in [3.63, 3.8) is 0 Å². The van der Waals surface area contributed by atoms with Gasteiger partial charge in [0.25, 0.3) is 5.91 Å². The fraction of sp³-hybridized carbons (Fsp3) is 0.462. The van der Waals surface area contributed by atoms with E-state index >= 15 is 0 Å². The lowest BCUT2D eigenvalue weighted by Crippen LogP contribution is -2.30. The van der Waals surface area contributed by atoms with Crippen LogP contribution in [0.15, 0.2) is 22.7 Å². The molecular weight excluding hydrogens is 335 g/mol. The van der Waals surface area contributed by atoms with Crippen LogP contribution in [-0.4, -0.2) is 37.5 Å². The first-order chi connectivity index (χ1) is 8.61. The third-order valence-electron chi connectivity index (χ3n) is 3.23. The SMILES string of the molecule is CNCC1CCN(C(=O)c2ccc(F)c(Br)c2)C1.Cl. The second-order valence-electron chi connectivity index (χ2n) is 4.59. The van der Waals surface area contributed by atoms with Crippen molar-refractivity contribution >= 4 is 34.2 Å². The van der Waals surface area contributed by atoms with E-state index in [-0.39, 0.29) is 24.1 Å². The molecule has 2 rings (SSSR count). The average Bonchev–Trinajstić information content (AvgIpc) is 2.81. The summed E-state index contributed by atoms with van der Waals surface area (Å²) in [6.07, 6.45) is 1.02. The molecule has 0 saturated carbocycles. The lowest BCUT2D eigenvalue weighted by atomic mass is 10.1. The molecule has 1 fully saturated rings.